The smallest absolute Gasteiger partial charge is 0.417 e. The Bertz CT molecular complexity index is 684. The molecule has 0 atom stereocenters. The maximum atomic E-state index is 15.3. The summed E-state index contributed by atoms with van der Waals surface area (Å²) in [5, 5.41) is 0. The van der Waals surface area contributed by atoms with E-state index in [0.717, 1.165) is 0 Å². The first kappa shape index (κ1) is 42.8. The van der Waals surface area contributed by atoms with Crippen LogP contribution in [-0.2, 0) is 41.8 Å². The van der Waals surface area contributed by atoms with Crippen LogP contribution in [-0.4, -0.2) is 85.4 Å². The van der Waals surface area contributed by atoms with Gasteiger partial charge in [0.25, 0.3) is 0 Å². The molecule has 0 rings (SSSR count). The molecule has 0 saturated carbocycles. The topological polar surface area (TPSA) is 103 Å². The average Bonchev–Trinajstić information content (AvgIpc) is 2.37. The molecule has 0 aromatic carbocycles. The molecule has 0 saturated heterocycles. The number of hydrogen-bond donors (Lipinski definition) is 0. The highest BCUT2D eigenvalue weighted by atomic mass is 28.6. The van der Waals surface area contributed by atoms with Crippen molar-refractivity contribution >= 4 is 85.4 Å². The van der Waals surface area contributed by atoms with Crippen LogP contribution in [0.25, 0.3) is 0 Å². The fraction of sp³-hybridized carbons (Fsp3) is 1.00. The third-order valence-corrected chi connectivity index (χ3v) is 34.9. The van der Waals surface area contributed by atoms with E-state index in [1.54, 1.807) is 19.6 Å². The molecular formula is C21H63O10Si10. The van der Waals surface area contributed by atoms with Crippen molar-refractivity contribution in [3.8, 4) is 0 Å². The Morgan fingerprint density at radius 1 is 0.244 bits per heavy atom. The normalized spacial score (nSPS) is 16.0. The molecule has 0 spiro atoms. The van der Waals surface area contributed by atoms with E-state index in [-0.39, 0.29) is 0 Å². The molecule has 1 radical (unpaired) electrons. The zero-order valence-corrected chi connectivity index (χ0v) is 40.1. The summed E-state index contributed by atoms with van der Waals surface area (Å²) in [5.41, 5.74) is 0. The van der Waals surface area contributed by atoms with Gasteiger partial charge >= 0.3 is 35.5 Å². The molecular weight excluding hydrogens is 693 g/mol. The van der Waals surface area contributed by atoms with E-state index >= 15 is 4.80 Å². The van der Waals surface area contributed by atoms with Crippen molar-refractivity contribution in [3.63, 3.8) is 0 Å². The Morgan fingerprint density at radius 2 is 0.366 bits per heavy atom. The number of hydrogen-bond acceptors (Lipinski definition) is 9. The van der Waals surface area contributed by atoms with Crippen LogP contribution in [0.1, 0.15) is 0 Å². The molecule has 0 aromatic rings. The SMILES string of the molecule is C[Si](C)(C)O[Si](C)(O[Si](C)(C)C)O[Si]([O])(O[Si](C)(O[Si](C)(C)C)O[Si](C)(C)C)O[Si](C)(O[Si](C)(C)C)O[Si](C)(C)C. The van der Waals surface area contributed by atoms with Gasteiger partial charge in [0.2, 0.25) is 0 Å². The molecule has 0 amide bonds. The highest BCUT2D eigenvalue weighted by molar-refractivity contribution is 6.93. The molecule has 0 aliphatic heterocycles. The monoisotopic (exact) mass is 755 g/mol. The highest BCUT2D eigenvalue weighted by Gasteiger charge is 2.65. The van der Waals surface area contributed by atoms with E-state index < -0.39 is 85.4 Å². The molecule has 0 heterocycles. The van der Waals surface area contributed by atoms with Gasteiger partial charge in [0.15, 0.2) is 49.9 Å². The summed E-state index contributed by atoms with van der Waals surface area (Å²) in [7, 11) is -29.1. The van der Waals surface area contributed by atoms with Crippen molar-refractivity contribution in [2.24, 2.45) is 0 Å². The van der Waals surface area contributed by atoms with Crippen LogP contribution < -0.4 is 0 Å². The quantitative estimate of drug-likeness (QED) is 0.130. The van der Waals surface area contributed by atoms with Gasteiger partial charge in [-0.25, -0.2) is 4.80 Å². The van der Waals surface area contributed by atoms with Crippen molar-refractivity contribution < 1.29 is 41.8 Å². The zero-order chi connectivity index (χ0) is 33.4. The zero-order valence-electron chi connectivity index (χ0n) is 30.1. The minimum atomic E-state index is -4.94. The Labute approximate surface area is 263 Å². The van der Waals surface area contributed by atoms with Crippen molar-refractivity contribution in [2.45, 2.75) is 137 Å². The second-order valence-electron chi connectivity index (χ2n) is 16.7. The first-order valence-electron chi connectivity index (χ1n) is 14.4. The molecule has 247 valence electrons. The molecule has 0 unspecified atom stereocenters. The summed E-state index contributed by atoms with van der Waals surface area (Å²) in [6, 6.07) is 0. The first-order valence-corrected chi connectivity index (χ1v) is 43.1. The second kappa shape index (κ2) is 13.9. The summed E-state index contributed by atoms with van der Waals surface area (Å²) in [6.45, 7) is 42.2. The van der Waals surface area contributed by atoms with Crippen molar-refractivity contribution in [3.05, 3.63) is 0 Å². The Balaban J connectivity index is 7.24. The van der Waals surface area contributed by atoms with Gasteiger partial charge in [-0.3, -0.25) is 0 Å². The van der Waals surface area contributed by atoms with Crippen LogP contribution in [0.3, 0.4) is 0 Å². The fourth-order valence-corrected chi connectivity index (χ4v) is 42.9. The lowest BCUT2D eigenvalue weighted by Gasteiger charge is -2.45. The minimum Gasteiger partial charge on any atom is -0.417 e. The van der Waals surface area contributed by atoms with Crippen molar-refractivity contribution in [2.75, 3.05) is 0 Å². The molecule has 0 aliphatic rings. The maximum Gasteiger partial charge on any atom is 0.684 e. The van der Waals surface area contributed by atoms with E-state index in [1.807, 2.05) is 118 Å². The summed E-state index contributed by atoms with van der Waals surface area (Å²) in [6.07, 6.45) is 0. The van der Waals surface area contributed by atoms with Crippen LogP contribution >= 0.6 is 0 Å². The lowest BCUT2D eigenvalue weighted by molar-refractivity contribution is 0.0366. The third-order valence-electron chi connectivity index (χ3n) is 3.88. The number of rotatable bonds is 18. The van der Waals surface area contributed by atoms with Gasteiger partial charge in [0.05, 0.1) is 0 Å². The Morgan fingerprint density at radius 3 is 0.463 bits per heavy atom. The van der Waals surface area contributed by atoms with E-state index in [1.165, 1.54) is 0 Å². The van der Waals surface area contributed by atoms with Crippen LogP contribution in [0.2, 0.25) is 137 Å². The predicted octanol–water partition coefficient (Wildman–Crippen LogP) is 7.72. The average molecular weight is 757 g/mol. The van der Waals surface area contributed by atoms with E-state index in [2.05, 4.69) is 0 Å². The summed E-state index contributed by atoms with van der Waals surface area (Å²) in [4.78, 5) is 15.3. The van der Waals surface area contributed by atoms with Gasteiger partial charge in [-0.2, -0.15) is 0 Å². The molecule has 0 bridgehead atoms. The molecule has 0 N–H and O–H groups in total. The lowest BCUT2D eigenvalue weighted by Crippen LogP contribution is -2.71. The molecule has 10 nitrogen and oxygen atoms in total. The molecule has 41 heavy (non-hydrogen) atoms. The molecule has 0 fully saturated rings. The van der Waals surface area contributed by atoms with Gasteiger partial charge in [-0.1, -0.05) is 0 Å². The maximum absolute atomic E-state index is 15.3. The van der Waals surface area contributed by atoms with Gasteiger partial charge in [-0.15, -0.1) is 0 Å². The summed E-state index contributed by atoms with van der Waals surface area (Å²) < 4.78 is 59.1. The van der Waals surface area contributed by atoms with Crippen LogP contribution in [0.15, 0.2) is 0 Å². The van der Waals surface area contributed by atoms with Crippen LogP contribution in [0.5, 0.6) is 0 Å². The van der Waals surface area contributed by atoms with Crippen molar-refractivity contribution in [1.82, 2.24) is 0 Å². The highest BCUT2D eigenvalue weighted by Crippen LogP contribution is 2.34. The Hall–Kier alpha value is 1.77. The predicted molar refractivity (Wildman–Crippen MR) is 191 cm³/mol. The largest absolute Gasteiger partial charge is 0.684 e. The minimum absolute atomic E-state index is 1.78. The van der Waals surface area contributed by atoms with E-state index in [9.17, 15) is 0 Å². The summed E-state index contributed by atoms with van der Waals surface area (Å²) >= 11 is 0. The Kier molecular flexibility index (Phi) is 14.5. The van der Waals surface area contributed by atoms with Gasteiger partial charge < -0.3 is 37.0 Å². The molecule has 0 aliphatic carbocycles. The standard InChI is InChI=1S/C21H63O10Si10/c1-32(2,3)23-38(19,24-33(4,5)6)29-41(22,30-39(20,25-34(7,8)9)26-35(10,11)12)31-40(21,27-36(13,14)15)28-37(16,17)18/h1-21H3. The molecule has 0 aromatic heterocycles. The fourth-order valence-electron chi connectivity index (χ4n) is 4.27. The van der Waals surface area contributed by atoms with Gasteiger partial charge in [0, 0.05) is 19.6 Å². The lowest BCUT2D eigenvalue weighted by atomic mass is 11.8. The van der Waals surface area contributed by atoms with Gasteiger partial charge in [-0.05, 0) is 118 Å². The second-order valence-corrected chi connectivity index (χ2v) is 55.6. The van der Waals surface area contributed by atoms with Crippen LogP contribution in [0.4, 0.5) is 0 Å². The third kappa shape index (κ3) is 21.2. The summed E-state index contributed by atoms with van der Waals surface area (Å²) in [5.74, 6) is 0. The van der Waals surface area contributed by atoms with E-state index in [0.29, 0.717) is 0 Å². The first-order chi connectivity index (χ1) is 17.4. The van der Waals surface area contributed by atoms with E-state index in [4.69, 9.17) is 37.0 Å². The van der Waals surface area contributed by atoms with Crippen LogP contribution in [0, 0.1) is 0 Å². The van der Waals surface area contributed by atoms with Crippen molar-refractivity contribution in [1.29, 1.82) is 0 Å². The van der Waals surface area contributed by atoms with Gasteiger partial charge in [0.1, 0.15) is 0 Å². The molecule has 20 heteroatoms.